The van der Waals surface area contributed by atoms with Crippen LogP contribution in [0.5, 0.6) is 0 Å². The number of rotatable bonds is 10. The Morgan fingerprint density at radius 1 is 0.905 bits per heavy atom. The smallest absolute Gasteiger partial charge is 0.264 e. The molecule has 1 aliphatic carbocycles. The highest BCUT2D eigenvalue weighted by Crippen LogP contribution is 2.31. The fourth-order valence-corrected chi connectivity index (χ4v) is 7.07. The number of amides is 2. The molecular weight excluding hydrogens is 617 g/mol. The molecule has 224 valence electrons. The number of nitrogens with zero attached hydrogens (tertiary/aromatic N) is 2. The van der Waals surface area contributed by atoms with E-state index in [0.717, 1.165) is 36.4 Å². The topological polar surface area (TPSA) is 86.8 Å². The molecule has 1 N–H and O–H groups in total. The molecule has 0 radical (unpaired) electrons. The van der Waals surface area contributed by atoms with Crippen molar-refractivity contribution in [2.24, 2.45) is 0 Å². The first-order valence-electron chi connectivity index (χ1n) is 13.9. The van der Waals surface area contributed by atoms with Crippen LogP contribution >= 0.6 is 34.8 Å². The molecular formula is C31H34Cl3N3O4S. The first-order valence-corrected chi connectivity index (χ1v) is 16.4. The number of hydrogen-bond acceptors (Lipinski definition) is 4. The molecule has 1 aliphatic rings. The summed E-state index contributed by atoms with van der Waals surface area (Å²) in [5, 5.41) is 4.12. The lowest BCUT2D eigenvalue weighted by Crippen LogP contribution is -2.53. The van der Waals surface area contributed by atoms with E-state index in [2.05, 4.69) is 5.32 Å². The maximum atomic E-state index is 14.1. The third kappa shape index (κ3) is 7.59. The quantitative estimate of drug-likeness (QED) is 0.256. The van der Waals surface area contributed by atoms with Crippen LogP contribution < -0.4 is 9.62 Å². The van der Waals surface area contributed by atoms with E-state index in [1.54, 1.807) is 68.4 Å². The molecule has 1 fully saturated rings. The number of halogens is 3. The molecule has 0 aliphatic heterocycles. The van der Waals surface area contributed by atoms with Gasteiger partial charge in [-0.3, -0.25) is 13.9 Å². The second kappa shape index (κ2) is 14.1. The fraction of sp³-hybridized carbons (Fsp3) is 0.355. The summed E-state index contributed by atoms with van der Waals surface area (Å²) in [4.78, 5) is 29.0. The van der Waals surface area contributed by atoms with Crippen molar-refractivity contribution in [1.82, 2.24) is 10.2 Å². The van der Waals surface area contributed by atoms with Gasteiger partial charge in [-0.05, 0) is 74.2 Å². The van der Waals surface area contributed by atoms with Crippen LogP contribution in [0.4, 0.5) is 5.69 Å². The molecule has 2 amide bonds. The average molecular weight is 651 g/mol. The molecule has 3 aromatic rings. The maximum absolute atomic E-state index is 14.1. The molecule has 0 aromatic heterocycles. The summed E-state index contributed by atoms with van der Waals surface area (Å²) in [6.07, 6.45) is 4.98. The van der Waals surface area contributed by atoms with Crippen molar-refractivity contribution in [2.75, 3.05) is 10.8 Å². The van der Waals surface area contributed by atoms with Crippen LogP contribution in [-0.2, 0) is 26.2 Å². The third-order valence-corrected chi connectivity index (χ3v) is 10.5. The fourth-order valence-electron chi connectivity index (χ4n) is 5.09. The number of benzene rings is 3. The molecule has 0 unspecified atom stereocenters. The van der Waals surface area contributed by atoms with Gasteiger partial charge in [-0.25, -0.2) is 8.42 Å². The summed E-state index contributed by atoms with van der Waals surface area (Å²) in [5.74, 6) is -0.863. The molecule has 11 heteroatoms. The monoisotopic (exact) mass is 649 g/mol. The van der Waals surface area contributed by atoms with Crippen LogP contribution in [0.1, 0.15) is 50.2 Å². The first-order chi connectivity index (χ1) is 20.0. The number of anilines is 1. The lowest BCUT2D eigenvalue weighted by Gasteiger charge is -2.33. The summed E-state index contributed by atoms with van der Waals surface area (Å²) in [7, 11) is -4.19. The summed E-state index contributed by atoms with van der Waals surface area (Å²) in [6.45, 7) is 2.81. The second-order valence-corrected chi connectivity index (χ2v) is 13.6. The Morgan fingerprint density at radius 3 is 2.26 bits per heavy atom. The highest BCUT2D eigenvalue weighted by Gasteiger charge is 2.34. The van der Waals surface area contributed by atoms with E-state index in [9.17, 15) is 18.0 Å². The minimum absolute atomic E-state index is 0.0166. The minimum Gasteiger partial charge on any atom is -0.352 e. The molecule has 1 saturated carbocycles. The van der Waals surface area contributed by atoms with Crippen molar-refractivity contribution in [3.63, 3.8) is 0 Å². The lowest BCUT2D eigenvalue weighted by molar-refractivity contribution is -0.139. The Labute approximate surface area is 262 Å². The molecule has 0 saturated heterocycles. The number of carbonyl (C=O) groups excluding carboxylic acids is 2. The maximum Gasteiger partial charge on any atom is 0.264 e. The van der Waals surface area contributed by atoms with Crippen LogP contribution in [0.25, 0.3) is 0 Å². The Kier molecular flexibility index (Phi) is 10.8. The third-order valence-electron chi connectivity index (χ3n) is 7.57. The van der Waals surface area contributed by atoms with Gasteiger partial charge in [-0.15, -0.1) is 0 Å². The van der Waals surface area contributed by atoms with Crippen molar-refractivity contribution in [3.05, 3.63) is 92.9 Å². The predicted octanol–water partition coefficient (Wildman–Crippen LogP) is 7.02. The van der Waals surface area contributed by atoms with E-state index in [4.69, 9.17) is 34.8 Å². The van der Waals surface area contributed by atoms with Gasteiger partial charge in [0.2, 0.25) is 11.8 Å². The minimum atomic E-state index is -4.19. The van der Waals surface area contributed by atoms with Crippen LogP contribution in [0.3, 0.4) is 0 Å². The average Bonchev–Trinajstić information content (AvgIpc) is 2.98. The van der Waals surface area contributed by atoms with E-state index >= 15 is 0 Å². The lowest BCUT2D eigenvalue weighted by atomic mass is 9.95. The van der Waals surface area contributed by atoms with Crippen molar-refractivity contribution in [2.45, 2.75) is 69.5 Å². The number of carbonyl (C=O) groups is 2. The number of hydrogen-bond donors (Lipinski definition) is 1. The van der Waals surface area contributed by atoms with Crippen molar-refractivity contribution in [3.8, 4) is 0 Å². The Bertz CT molecular complexity index is 1530. The summed E-state index contributed by atoms with van der Waals surface area (Å²) >= 11 is 18.7. The zero-order chi connectivity index (χ0) is 30.4. The summed E-state index contributed by atoms with van der Waals surface area (Å²) in [6, 6.07) is 16.9. The van der Waals surface area contributed by atoms with E-state index in [0.29, 0.717) is 26.2 Å². The molecule has 1 atom stereocenters. The highest BCUT2D eigenvalue weighted by molar-refractivity contribution is 7.92. The van der Waals surface area contributed by atoms with Gasteiger partial charge in [0.05, 0.1) is 20.6 Å². The van der Waals surface area contributed by atoms with Gasteiger partial charge in [0.15, 0.2) is 0 Å². The van der Waals surface area contributed by atoms with Crippen molar-refractivity contribution < 1.29 is 18.0 Å². The van der Waals surface area contributed by atoms with Crippen LogP contribution in [0.15, 0.2) is 71.6 Å². The van der Waals surface area contributed by atoms with Crippen LogP contribution in [0.2, 0.25) is 15.1 Å². The SMILES string of the molecule is Cc1c(Cl)cccc1N(CC(=O)N(Cc1ccc(Cl)c(Cl)c1)[C@@H](C)C(=O)NC1CCCCC1)S(=O)(=O)c1ccccc1. The van der Waals surface area contributed by atoms with Gasteiger partial charge in [0.25, 0.3) is 10.0 Å². The van der Waals surface area contributed by atoms with E-state index in [-0.39, 0.29) is 29.1 Å². The molecule has 4 rings (SSSR count). The van der Waals surface area contributed by atoms with Gasteiger partial charge < -0.3 is 10.2 Å². The van der Waals surface area contributed by atoms with Crippen LogP contribution in [-0.4, -0.2) is 43.8 Å². The Morgan fingerprint density at radius 2 is 1.60 bits per heavy atom. The standard InChI is InChI=1S/C31H34Cl3N3O4S/c1-21-26(32)14-9-15-29(21)37(42(40,41)25-12-7-4-8-13-25)20-30(38)36(19-23-16-17-27(33)28(34)18-23)22(2)31(39)35-24-10-5-3-6-11-24/h4,7-9,12-18,22,24H,3,5-6,10-11,19-20H2,1-2H3,(H,35,39)/t22-/m0/s1. The Hall–Kier alpha value is -2.78. The summed E-state index contributed by atoms with van der Waals surface area (Å²) in [5.41, 5.74) is 1.42. The second-order valence-electron chi connectivity index (χ2n) is 10.5. The predicted molar refractivity (Wildman–Crippen MR) is 169 cm³/mol. The van der Waals surface area contributed by atoms with Gasteiger partial charge in [0.1, 0.15) is 12.6 Å². The molecule has 42 heavy (non-hydrogen) atoms. The number of sulfonamides is 1. The first kappa shape index (κ1) is 32.1. The van der Waals surface area contributed by atoms with Gasteiger partial charge in [-0.1, -0.05) is 84.4 Å². The summed E-state index contributed by atoms with van der Waals surface area (Å²) < 4.78 is 29.0. The van der Waals surface area contributed by atoms with Crippen LogP contribution in [0, 0.1) is 6.92 Å². The van der Waals surface area contributed by atoms with E-state index in [1.165, 1.54) is 17.0 Å². The largest absolute Gasteiger partial charge is 0.352 e. The normalized spacial score (nSPS) is 14.7. The highest BCUT2D eigenvalue weighted by atomic mass is 35.5. The van der Waals surface area contributed by atoms with E-state index in [1.807, 2.05) is 0 Å². The number of nitrogens with one attached hydrogen (secondary N) is 1. The van der Waals surface area contributed by atoms with Gasteiger partial charge >= 0.3 is 0 Å². The Balaban J connectivity index is 1.71. The zero-order valence-electron chi connectivity index (χ0n) is 23.5. The molecule has 0 spiro atoms. The van der Waals surface area contributed by atoms with Gasteiger partial charge in [0, 0.05) is 17.6 Å². The van der Waals surface area contributed by atoms with E-state index < -0.39 is 28.5 Å². The zero-order valence-corrected chi connectivity index (χ0v) is 26.6. The molecule has 0 bridgehead atoms. The molecule has 7 nitrogen and oxygen atoms in total. The van der Waals surface area contributed by atoms with Crippen molar-refractivity contribution in [1.29, 1.82) is 0 Å². The van der Waals surface area contributed by atoms with Crippen molar-refractivity contribution >= 4 is 62.3 Å². The molecule has 0 heterocycles. The van der Waals surface area contributed by atoms with Gasteiger partial charge in [-0.2, -0.15) is 0 Å². The molecule has 3 aromatic carbocycles.